The minimum Gasteiger partial charge on any atom is -0.480 e. The topological polar surface area (TPSA) is 86.1 Å². The highest BCUT2D eigenvalue weighted by Gasteiger charge is 2.58. The minimum atomic E-state index is -1.16. The summed E-state index contributed by atoms with van der Waals surface area (Å²) in [6.45, 7) is 0.173. The number of halogens is 1. The molecule has 2 unspecified atom stereocenters. The second-order valence-electron chi connectivity index (χ2n) is 2.48. The summed E-state index contributed by atoms with van der Waals surface area (Å²) in [5.41, 5.74) is 7.92. The Bertz CT molecular complexity index is 238. The van der Waals surface area contributed by atoms with Crippen LogP contribution >= 0.6 is 11.6 Å². The molecule has 0 saturated heterocycles. The van der Waals surface area contributed by atoms with Crippen LogP contribution in [0.1, 0.15) is 6.42 Å². The molecule has 0 bridgehead atoms. The van der Waals surface area contributed by atoms with Crippen molar-refractivity contribution in [3.05, 3.63) is 10.4 Å². The number of rotatable bonds is 3. The van der Waals surface area contributed by atoms with Crippen LogP contribution in [0.4, 0.5) is 0 Å². The maximum absolute atomic E-state index is 10.4. The van der Waals surface area contributed by atoms with Crippen molar-refractivity contribution in [2.45, 2.75) is 11.3 Å². The van der Waals surface area contributed by atoms with E-state index in [1.807, 2.05) is 0 Å². The number of hydrogen-bond donors (Lipinski definition) is 1. The van der Waals surface area contributed by atoms with Gasteiger partial charge in [-0.2, -0.15) is 0 Å². The zero-order valence-electron chi connectivity index (χ0n) is 5.57. The van der Waals surface area contributed by atoms with Gasteiger partial charge in [-0.3, -0.25) is 4.79 Å². The summed E-state index contributed by atoms with van der Waals surface area (Å²) in [6.07, 6.45) is 0.392. The molecule has 1 aliphatic carbocycles. The maximum atomic E-state index is 10.4. The fourth-order valence-corrected chi connectivity index (χ4v) is 1.16. The van der Waals surface area contributed by atoms with Crippen molar-refractivity contribution in [2.24, 2.45) is 11.0 Å². The molecule has 1 saturated carbocycles. The summed E-state index contributed by atoms with van der Waals surface area (Å²) in [4.78, 5) is 11.7. The zero-order chi connectivity index (χ0) is 8.48. The highest BCUT2D eigenvalue weighted by atomic mass is 35.5. The van der Waals surface area contributed by atoms with Gasteiger partial charge in [0.1, 0.15) is 4.87 Å². The van der Waals surface area contributed by atoms with Gasteiger partial charge in [-0.05, 0) is 17.9 Å². The first-order chi connectivity index (χ1) is 5.11. The van der Waals surface area contributed by atoms with E-state index in [1.165, 1.54) is 0 Å². The van der Waals surface area contributed by atoms with Crippen LogP contribution in [-0.2, 0) is 4.79 Å². The molecular weight excluding hydrogens is 170 g/mol. The van der Waals surface area contributed by atoms with E-state index >= 15 is 0 Å². The Hall–Kier alpha value is -0.930. The van der Waals surface area contributed by atoms with Gasteiger partial charge < -0.3 is 5.11 Å². The average Bonchev–Trinajstić information content (AvgIpc) is 2.59. The van der Waals surface area contributed by atoms with Crippen LogP contribution in [-0.4, -0.2) is 22.5 Å². The zero-order valence-corrected chi connectivity index (χ0v) is 6.32. The molecule has 1 N–H and O–H groups in total. The van der Waals surface area contributed by atoms with E-state index in [0.717, 1.165) is 0 Å². The normalized spacial score (nSPS) is 34.1. The number of alkyl halides is 1. The summed E-state index contributed by atoms with van der Waals surface area (Å²) in [5.74, 6) is -1.23. The summed E-state index contributed by atoms with van der Waals surface area (Å²) in [6, 6.07) is 0. The highest BCUT2D eigenvalue weighted by molar-refractivity contribution is 6.36. The van der Waals surface area contributed by atoms with Crippen molar-refractivity contribution >= 4 is 17.6 Å². The number of nitrogens with zero attached hydrogens (tertiary/aromatic N) is 3. The standard InChI is InChI=1S/C5H6ClN3O2/c6-5(4(10)11)1-3(5)2-8-9-7/h3H,1-2H2,(H,10,11). The molecule has 11 heavy (non-hydrogen) atoms. The van der Waals surface area contributed by atoms with Gasteiger partial charge in [0, 0.05) is 11.5 Å². The second-order valence-corrected chi connectivity index (χ2v) is 3.16. The third-order valence-electron chi connectivity index (χ3n) is 1.75. The van der Waals surface area contributed by atoms with Crippen LogP contribution in [0.25, 0.3) is 10.4 Å². The first-order valence-electron chi connectivity index (χ1n) is 3.04. The summed E-state index contributed by atoms with van der Waals surface area (Å²) >= 11 is 5.60. The van der Waals surface area contributed by atoms with E-state index in [4.69, 9.17) is 22.2 Å². The Balaban J connectivity index is 2.46. The molecule has 2 atom stereocenters. The van der Waals surface area contributed by atoms with Gasteiger partial charge in [0.05, 0.1) is 0 Å². The lowest BCUT2D eigenvalue weighted by atomic mass is 10.3. The summed E-state index contributed by atoms with van der Waals surface area (Å²) in [5, 5.41) is 11.8. The Morgan fingerprint density at radius 1 is 2.00 bits per heavy atom. The van der Waals surface area contributed by atoms with Gasteiger partial charge >= 0.3 is 5.97 Å². The highest BCUT2D eigenvalue weighted by Crippen LogP contribution is 2.49. The predicted octanol–water partition coefficient (Wildman–Crippen LogP) is 1.38. The molecule has 5 nitrogen and oxygen atoms in total. The van der Waals surface area contributed by atoms with Crippen LogP contribution in [0.2, 0.25) is 0 Å². The molecule has 0 aromatic rings. The van der Waals surface area contributed by atoms with Gasteiger partial charge in [0.2, 0.25) is 0 Å². The van der Waals surface area contributed by atoms with Crippen molar-refractivity contribution in [3.8, 4) is 0 Å². The number of azide groups is 1. The SMILES string of the molecule is [N-]=[N+]=NCC1CC1(Cl)C(=O)O. The van der Waals surface area contributed by atoms with Crippen LogP contribution in [0, 0.1) is 5.92 Å². The minimum absolute atomic E-state index is 0.173. The molecule has 0 spiro atoms. The van der Waals surface area contributed by atoms with E-state index in [1.54, 1.807) is 0 Å². The van der Waals surface area contributed by atoms with E-state index < -0.39 is 10.8 Å². The maximum Gasteiger partial charge on any atom is 0.325 e. The molecule has 1 aliphatic rings. The van der Waals surface area contributed by atoms with Gasteiger partial charge in [-0.25, -0.2) is 0 Å². The molecule has 0 heterocycles. The monoisotopic (exact) mass is 175 g/mol. The Kier molecular flexibility index (Phi) is 1.93. The van der Waals surface area contributed by atoms with Gasteiger partial charge in [-0.15, -0.1) is 11.6 Å². The summed E-state index contributed by atoms with van der Waals surface area (Å²) < 4.78 is 0. The smallest absolute Gasteiger partial charge is 0.325 e. The number of carbonyl (C=O) groups is 1. The number of carboxylic acid groups (broad SMARTS) is 1. The molecule has 1 rings (SSSR count). The lowest BCUT2D eigenvalue weighted by Gasteiger charge is -1.97. The van der Waals surface area contributed by atoms with Crippen LogP contribution in [0.5, 0.6) is 0 Å². The molecule has 0 aliphatic heterocycles. The largest absolute Gasteiger partial charge is 0.480 e. The second kappa shape index (κ2) is 2.60. The van der Waals surface area contributed by atoms with Crippen LogP contribution in [0.15, 0.2) is 5.11 Å². The predicted molar refractivity (Wildman–Crippen MR) is 38.3 cm³/mol. The van der Waals surface area contributed by atoms with E-state index in [-0.39, 0.29) is 12.5 Å². The quantitative estimate of drug-likeness (QED) is 0.304. The molecule has 60 valence electrons. The first-order valence-corrected chi connectivity index (χ1v) is 3.42. The lowest BCUT2D eigenvalue weighted by molar-refractivity contribution is -0.137. The fraction of sp³-hybridized carbons (Fsp3) is 0.800. The van der Waals surface area contributed by atoms with Crippen molar-refractivity contribution < 1.29 is 9.90 Å². The average molecular weight is 176 g/mol. The van der Waals surface area contributed by atoms with Gasteiger partial charge in [0.25, 0.3) is 0 Å². The van der Waals surface area contributed by atoms with Crippen molar-refractivity contribution in [3.63, 3.8) is 0 Å². The molecule has 0 aromatic heterocycles. The van der Waals surface area contributed by atoms with Crippen molar-refractivity contribution in [1.29, 1.82) is 0 Å². The summed E-state index contributed by atoms with van der Waals surface area (Å²) in [7, 11) is 0. The molecule has 1 fully saturated rings. The number of carboxylic acids is 1. The molecule has 0 radical (unpaired) electrons. The molecular formula is C5H6ClN3O2. The van der Waals surface area contributed by atoms with E-state index in [2.05, 4.69) is 10.0 Å². The Labute approximate surface area is 67.6 Å². The van der Waals surface area contributed by atoms with Crippen molar-refractivity contribution in [2.75, 3.05) is 6.54 Å². The molecule has 0 amide bonds. The third kappa shape index (κ3) is 1.39. The molecule has 0 aromatic carbocycles. The first kappa shape index (κ1) is 8.17. The number of hydrogen-bond acceptors (Lipinski definition) is 2. The van der Waals surface area contributed by atoms with E-state index in [0.29, 0.717) is 6.42 Å². The fourth-order valence-electron chi connectivity index (χ4n) is 0.906. The Morgan fingerprint density at radius 3 is 3.00 bits per heavy atom. The van der Waals surface area contributed by atoms with Gasteiger partial charge in [-0.1, -0.05) is 5.11 Å². The van der Waals surface area contributed by atoms with Crippen LogP contribution in [0.3, 0.4) is 0 Å². The van der Waals surface area contributed by atoms with Crippen molar-refractivity contribution in [1.82, 2.24) is 0 Å². The van der Waals surface area contributed by atoms with Gasteiger partial charge in [0.15, 0.2) is 0 Å². The Morgan fingerprint density at radius 2 is 2.64 bits per heavy atom. The number of aliphatic carboxylic acids is 1. The van der Waals surface area contributed by atoms with E-state index in [9.17, 15) is 4.79 Å². The lowest BCUT2D eigenvalue weighted by Crippen LogP contribution is -2.18. The third-order valence-corrected chi connectivity index (χ3v) is 2.38. The van der Waals surface area contributed by atoms with Crippen LogP contribution < -0.4 is 0 Å². The molecule has 6 heteroatoms.